The maximum Gasteiger partial charge on any atom is 0.209 e. The van der Waals surface area contributed by atoms with Crippen LogP contribution in [0.4, 0.5) is 5.69 Å². The lowest BCUT2D eigenvalue weighted by Crippen LogP contribution is -2.36. The predicted octanol–water partition coefficient (Wildman–Crippen LogP) is 0.856. The molecule has 0 aliphatic carbocycles. The summed E-state index contributed by atoms with van der Waals surface area (Å²) in [5.74, 6) is 5.77. The van der Waals surface area contributed by atoms with Gasteiger partial charge in [0.15, 0.2) is 0 Å². The van der Waals surface area contributed by atoms with Crippen LogP contribution in [-0.2, 0) is 0 Å². The molecule has 1 rings (SSSR count). The summed E-state index contributed by atoms with van der Waals surface area (Å²) in [5, 5.41) is 3.03. The van der Waals surface area contributed by atoms with Gasteiger partial charge in [0.1, 0.15) is 0 Å². The monoisotopic (exact) mass is 178 g/mol. The topological polar surface area (TPSA) is 62.4 Å². The molecule has 0 spiro atoms. The lowest BCUT2D eigenvalue weighted by atomic mass is 10.2. The van der Waals surface area contributed by atoms with E-state index in [2.05, 4.69) is 15.7 Å². The Morgan fingerprint density at radius 3 is 2.77 bits per heavy atom. The Kier molecular flexibility index (Phi) is 3.28. The van der Waals surface area contributed by atoms with Crippen LogP contribution in [0.5, 0.6) is 0 Å². The van der Waals surface area contributed by atoms with Crippen molar-refractivity contribution in [1.29, 1.82) is 0 Å². The van der Waals surface area contributed by atoms with Gasteiger partial charge in [0.25, 0.3) is 0 Å². The summed E-state index contributed by atoms with van der Waals surface area (Å²) in [7, 11) is 1.66. The van der Waals surface area contributed by atoms with Crippen molar-refractivity contribution in [2.24, 2.45) is 10.8 Å². The molecule has 0 radical (unpaired) electrons. The van der Waals surface area contributed by atoms with Crippen molar-refractivity contribution in [3.63, 3.8) is 0 Å². The Morgan fingerprint density at radius 2 is 2.23 bits per heavy atom. The molecule has 1 aromatic rings. The number of guanidine groups is 1. The normalized spacial score (nSPS) is 11.2. The lowest BCUT2D eigenvalue weighted by molar-refractivity contribution is 1.01. The molecule has 0 amide bonds. The molecule has 4 heteroatoms. The highest BCUT2D eigenvalue weighted by Crippen LogP contribution is 2.08. The van der Waals surface area contributed by atoms with E-state index in [9.17, 15) is 0 Å². The molecule has 0 aliphatic heterocycles. The Morgan fingerprint density at radius 1 is 1.46 bits per heavy atom. The quantitative estimate of drug-likeness (QED) is 0.258. The maximum absolute atomic E-state index is 5.23. The number of hydrogen-bond donors (Lipinski definition) is 3. The van der Waals surface area contributed by atoms with Crippen LogP contribution in [0.1, 0.15) is 5.56 Å². The summed E-state index contributed by atoms with van der Waals surface area (Å²) in [6, 6.07) is 7.98. The Labute approximate surface area is 77.8 Å². The molecule has 70 valence electrons. The third kappa shape index (κ3) is 2.76. The Hall–Kier alpha value is -1.55. The summed E-state index contributed by atoms with van der Waals surface area (Å²) in [6.45, 7) is 2.03. The molecule has 0 atom stereocenters. The molecular formula is C9H14N4. The average molecular weight is 178 g/mol. The fourth-order valence-corrected chi connectivity index (χ4v) is 1.02. The summed E-state index contributed by atoms with van der Waals surface area (Å²) >= 11 is 0. The molecule has 0 aliphatic rings. The van der Waals surface area contributed by atoms with Crippen LogP contribution in [0.3, 0.4) is 0 Å². The van der Waals surface area contributed by atoms with Crippen molar-refractivity contribution in [2.45, 2.75) is 6.92 Å². The number of aryl methyl sites for hydroxylation is 1. The van der Waals surface area contributed by atoms with E-state index in [-0.39, 0.29) is 0 Å². The second kappa shape index (κ2) is 4.47. The van der Waals surface area contributed by atoms with Gasteiger partial charge in [-0.3, -0.25) is 10.4 Å². The number of anilines is 1. The highest BCUT2D eigenvalue weighted by molar-refractivity contribution is 5.93. The summed E-state index contributed by atoms with van der Waals surface area (Å²) < 4.78 is 0. The van der Waals surface area contributed by atoms with E-state index in [1.165, 1.54) is 5.56 Å². The van der Waals surface area contributed by atoms with Gasteiger partial charge >= 0.3 is 0 Å². The zero-order chi connectivity index (χ0) is 9.68. The number of nitrogens with two attached hydrogens (primary N) is 1. The molecule has 4 nitrogen and oxygen atoms in total. The third-order valence-electron chi connectivity index (χ3n) is 1.64. The average Bonchev–Trinajstić information content (AvgIpc) is 2.14. The van der Waals surface area contributed by atoms with Crippen molar-refractivity contribution < 1.29 is 0 Å². The van der Waals surface area contributed by atoms with Gasteiger partial charge in [-0.25, -0.2) is 5.84 Å². The van der Waals surface area contributed by atoms with E-state index >= 15 is 0 Å². The van der Waals surface area contributed by atoms with Gasteiger partial charge in [0.05, 0.1) is 0 Å². The zero-order valence-corrected chi connectivity index (χ0v) is 7.83. The minimum Gasteiger partial charge on any atom is -0.325 e. The largest absolute Gasteiger partial charge is 0.325 e. The van der Waals surface area contributed by atoms with Crippen molar-refractivity contribution in [3.8, 4) is 0 Å². The molecular weight excluding hydrogens is 164 g/mol. The maximum atomic E-state index is 5.23. The molecule has 0 saturated heterocycles. The van der Waals surface area contributed by atoms with Gasteiger partial charge in [-0.15, -0.1) is 0 Å². The second-order valence-electron chi connectivity index (χ2n) is 2.71. The number of aliphatic imine (C=N–C) groups is 1. The zero-order valence-electron chi connectivity index (χ0n) is 7.83. The van der Waals surface area contributed by atoms with Crippen LogP contribution >= 0.6 is 0 Å². The number of nitrogens with zero attached hydrogens (tertiary/aromatic N) is 1. The Balaban J connectivity index is 2.74. The number of nitrogens with one attached hydrogen (secondary N) is 2. The van der Waals surface area contributed by atoms with Crippen molar-refractivity contribution in [3.05, 3.63) is 29.8 Å². The second-order valence-corrected chi connectivity index (χ2v) is 2.71. The van der Waals surface area contributed by atoms with Crippen LogP contribution < -0.4 is 16.6 Å². The number of hydrogen-bond acceptors (Lipinski definition) is 2. The van der Waals surface area contributed by atoms with Crippen molar-refractivity contribution in [2.75, 3.05) is 12.4 Å². The molecule has 0 saturated carbocycles. The van der Waals surface area contributed by atoms with Crippen molar-refractivity contribution >= 4 is 11.6 Å². The molecule has 1 aromatic carbocycles. The van der Waals surface area contributed by atoms with Crippen LogP contribution in [0.15, 0.2) is 29.3 Å². The molecule has 0 fully saturated rings. The third-order valence-corrected chi connectivity index (χ3v) is 1.64. The van der Waals surface area contributed by atoms with Gasteiger partial charge in [-0.05, 0) is 24.6 Å². The van der Waals surface area contributed by atoms with E-state index in [0.717, 1.165) is 5.69 Å². The van der Waals surface area contributed by atoms with Crippen LogP contribution in [-0.4, -0.2) is 13.0 Å². The number of hydrazine groups is 1. The fraction of sp³-hybridized carbons (Fsp3) is 0.222. The number of benzene rings is 1. The molecule has 0 unspecified atom stereocenters. The van der Waals surface area contributed by atoms with E-state index < -0.39 is 0 Å². The first-order chi connectivity index (χ1) is 6.26. The minimum atomic E-state index is 0.547. The predicted molar refractivity (Wildman–Crippen MR) is 55.5 cm³/mol. The first-order valence-corrected chi connectivity index (χ1v) is 4.03. The van der Waals surface area contributed by atoms with Crippen molar-refractivity contribution in [1.82, 2.24) is 5.43 Å². The molecule has 4 N–H and O–H groups in total. The van der Waals surface area contributed by atoms with Gasteiger partial charge < -0.3 is 5.32 Å². The molecule has 13 heavy (non-hydrogen) atoms. The number of rotatable bonds is 1. The van der Waals surface area contributed by atoms with Gasteiger partial charge in [-0.2, -0.15) is 0 Å². The molecule has 0 heterocycles. The summed E-state index contributed by atoms with van der Waals surface area (Å²) in [5.41, 5.74) is 4.62. The fourth-order valence-electron chi connectivity index (χ4n) is 1.02. The summed E-state index contributed by atoms with van der Waals surface area (Å²) in [4.78, 5) is 3.90. The van der Waals surface area contributed by atoms with Gasteiger partial charge in [0, 0.05) is 12.7 Å². The van der Waals surface area contributed by atoms with Gasteiger partial charge in [0.2, 0.25) is 5.96 Å². The van der Waals surface area contributed by atoms with E-state index in [4.69, 9.17) is 5.84 Å². The first-order valence-electron chi connectivity index (χ1n) is 4.03. The standard InChI is InChI=1S/C9H14N4/c1-7-4-3-5-8(6-7)12-9(11-2)13-10/h3-6H,10H2,1-2H3,(H2,11,12,13). The Bertz CT molecular complexity index is 306. The summed E-state index contributed by atoms with van der Waals surface area (Å²) in [6.07, 6.45) is 0. The lowest BCUT2D eigenvalue weighted by Gasteiger charge is -2.08. The van der Waals surface area contributed by atoms with Crippen LogP contribution in [0.25, 0.3) is 0 Å². The van der Waals surface area contributed by atoms with E-state index in [0.29, 0.717) is 5.96 Å². The SMILES string of the molecule is CN=C(NN)Nc1cccc(C)c1. The van der Waals surface area contributed by atoms with Crippen LogP contribution in [0.2, 0.25) is 0 Å². The molecule has 0 bridgehead atoms. The van der Waals surface area contributed by atoms with E-state index in [1.54, 1.807) is 7.05 Å². The highest BCUT2D eigenvalue weighted by Gasteiger charge is 1.95. The first kappa shape index (κ1) is 9.54. The minimum absolute atomic E-state index is 0.547. The van der Waals surface area contributed by atoms with Crippen LogP contribution in [0, 0.1) is 6.92 Å². The smallest absolute Gasteiger partial charge is 0.209 e. The van der Waals surface area contributed by atoms with E-state index in [1.807, 2.05) is 31.2 Å². The van der Waals surface area contributed by atoms with Gasteiger partial charge in [-0.1, -0.05) is 12.1 Å². The highest BCUT2D eigenvalue weighted by atomic mass is 15.3. The molecule has 0 aromatic heterocycles.